The Kier molecular flexibility index (Phi) is 8.30. The van der Waals surface area contributed by atoms with Gasteiger partial charge in [0.15, 0.2) is 5.78 Å². The number of carbonyl (C=O) groups excluding carboxylic acids is 1. The zero-order valence-electron chi connectivity index (χ0n) is 22.7. The summed E-state index contributed by atoms with van der Waals surface area (Å²) in [6.07, 6.45) is 6.48. The van der Waals surface area contributed by atoms with E-state index in [4.69, 9.17) is 0 Å². The van der Waals surface area contributed by atoms with Crippen molar-refractivity contribution in [2.24, 2.45) is 0 Å². The van der Waals surface area contributed by atoms with Crippen molar-refractivity contribution >= 4 is 17.9 Å². The quantitative estimate of drug-likeness (QED) is 0.411. The summed E-state index contributed by atoms with van der Waals surface area (Å²) in [7, 11) is 0. The Hall–Kier alpha value is -2.81. The van der Waals surface area contributed by atoms with Gasteiger partial charge in [-0.25, -0.2) is 0 Å². The molecule has 0 amide bonds. The highest BCUT2D eigenvalue weighted by molar-refractivity contribution is 6.14. The Morgan fingerprint density at radius 3 is 1.14 bits per heavy atom. The Morgan fingerprint density at radius 2 is 0.886 bits per heavy atom. The molecular formula is C32H42O3. The van der Waals surface area contributed by atoms with E-state index in [9.17, 15) is 15.0 Å². The molecule has 188 valence electrons. The van der Waals surface area contributed by atoms with Crippen molar-refractivity contribution in [1.29, 1.82) is 0 Å². The molecule has 0 unspecified atom stereocenters. The first-order chi connectivity index (χ1) is 16.4. The number of benzene rings is 2. The average molecular weight is 475 g/mol. The van der Waals surface area contributed by atoms with Gasteiger partial charge in [-0.15, -0.1) is 0 Å². The minimum absolute atomic E-state index is 0.104. The molecule has 3 nitrogen and oxygen atoms in total. The number of hydrogen-bond acceptors (Lipinski definition) is 3. The van der Waals surface area contributed by atoms with Crippen LogP contribution >= 0.6 is 0 Å². The minimum Gasteiger partial charge on any atom is -0.507 e. The highest BCUT2D eigenvalue weighted by Gasteiger charge is 2.22. The van der Waals surface area contributed by atoms with Crippen LogP contribution in [-0.2, 0) is 4.79 Å². The molecule has 35 heavy (non-hydrogen) atoms. The number of carbonyl (C=O) groups is 1. The number of phenols is 2. The summed E-state index contributed by atoms with van der Waals surface area (Å²) in [4.78, 5) is 13.5. The van der Waals surface area contributed by atoms with Gasteiger partial charge in [0.05, 0.1) is 0 Å². The van der Waals surface area contributed by atoms with Gasteiger partial charge < -0.3 is 10.2 Å². The molecular weight excluding hydrogens is 432 g/mol. The fraction of sp³-hybridized carbons (Fsp3) is 0.469. The third kappa shape index (κ3) is 5.89. The summed E-state index contributed by atoms with van der Waals surface area (Å²) in [5.74, 6) is 1.65. The molecule has 2 N–H and O–H groups in total. The summed E-state index contributed by atoms with van der Waals surface area (Å²) in [6.45, 7) is 16.6. The van der Waals surface area contributed by atoms with Gasteiger partial charge >= 0.3 is 0 Å². The molecule has 2 aromatic carbocycles. The van der Waals surface area contributed by atoms with Gasteiger partial charge in [-0.1, -0.05) is 55.4 Å². The number of Topliss-reactive ketones (excluding diaryl/α,β-unsaturated/α-hetero) is 1. The van der Waals surface area contributed by atoms with E-state index in [0.29, 0.717) is 11.5 Å². The molecule has 3 rings (SSSR count). The van der Waals surface area contributed by atoms with E-state index in [-0.39, 0.29) is 29.5 Å². The van der Waals surface area contributed by atoms with E-state index in [1.54, 1.807) is 0 Å². The first kappa shape index (κ1) is 26.8. The molecule has 1 aliphatic carbocycles. The van der Waals surface area contributed by atoms with Crippen molar-refractivity contribution in [3.63, 3.8) is 0 Å². The van der Waals surface area contributed by atoms with Crippen molar-refractivity contribution in [3.05, 3.63) is 68.8 Å². The average Bonchev–Trinajstić information content (AvgIpc) is 2.77. The maximum absolute atomic E-state index is 13.5. The molecule has 0 aromatic heterocycles. The molecule has 1 aliphatic rings. The smallest absolute Gasteiger partial charge is 0.185 e. The summed E-state index contributed by atoms with van der Waals surface area (Å²) in [5.41, 5.74) is 7.31. The van der Waals surface area contributed by atoms with Crippen molar-refractivity contribution in [2.45, 2.75) is 98.3 Å². The molecule has 0 bridgehead atoms. The Morgan fingerprint density at radius 1 is 0.600 bits per heavy atom. The van der Waals surface area contributed by atoms with Crippen LogP contribution in [0.1, 0.15) is 132 Å². The van der Waals surface area contributed by atoms with E-state index in [2.05, 4.69) is 55.4 Å². The topological polar surface area (TPSA) is 57.5 Å². The van der Waals surface area contributed by atoms with Gasteiger partial charge in [-0.05, 0) is 113 Å². The Bertz CT molecular complexity index is 1010. The number of allylic oxidation sites excluding steroid dienone is 2. The summed E-state index contributed by atoms with van der Waals surface area (Å²) in [5, 5.41) is 21.5. The predicted molar refractivity (Wildman–Crippen MR) is 147 cm³/mol. The molecule has 1 saturated carbocycles. The molecule has 0 saturated heterocycles. The summed E-state index contributed by atoms with van der Waals surface area (Å²) >= 11 is 0. The van der Waals surface area contributed by atoms with E-state index in [1.165, 1.54) is 0 Å². The molecule has 0 heterocycles. The molecule has 3 heteroatoms. The molecule has 0 atom stereocenters. The van der Waals surface area contributed by atoms with Gasteiger partial charge in [0.2, 0.25) is 0 Å². The maximum Gasteiger partial charge on any atom is 0.185 e. The minimum atomic E-state index is 0.104. The Balaban J connectivity index is 2.04. The van der Waals surface area contributed by atoms with Gasteiger partial charge in [-0.3, -0.25) is 4.79 Å². The van der Waals surface area contributed by atoms with Crippen LogP contribution in [0.2, 0.25) is 0 Å². The van der Waals surface area contributed by atoms with Crippen molar-refractivity contribution in [3.8, 4) is 11.5 Å². The zero-order valence-corrected chi connectivity index (χ0v) is 22.7. The number of aromatic hydroxyl groups is 2. The number of rotatable bonds is 6. The van der Waals surface area contributed by atoms with Gasteiger partial charge in [0.1, 0.15) is 11.5 Å². The maximum atomic E-state index is 13.5. The van der Waals surface area contributed by atoms with Crippen LogP contribution in [-0.4, -0.2) is 16.0 Å². The lowest BCUT2D eigenvalue weighted by Gasteiger charge is -2.20. The summed E-state index contributed by atoms with van der Waals surface area (Å²) in [6, 6.07) is 8.09. The molecule has 0 radical (unpaired) electrons. The van der Waals surface area contributed by atoms with E-state index in [0.717, 1.165) is 63.8 Å². The number of hydrogen-bond donors (Lipinski definition) is 2. The first-order valence-corrected chi connectivity index (χ1v) is 13.1. The molecule has 1 fully saturated rings. The third-order valence-electron chi connectivity index (χ3n) is 7.03. The normalized spacial score (nSPS) is 17.1. The van der Waals surface area contributed by atoms with Crippen LogP contribution in [0.15, 0.2) is 35.4 Å². The molecule has 0 spiro atoms. The standard InChI is InChI=1S/C32H42O3/c1-18(2)26-14-22(15-27(19(3)4)31(26)34)12-24-10-9-11-25(30(24)33)13-23-16-28(20(5)6)32(35)29(17-23)21(7)8/h12-21,34-35H,9-11H2,1-8H3/b24-12-,25-13+. The second-order valence-electron chi connectivity index (χ2n) is 11.2. The number of phenolic OH excluding ortho intramolecular Hbond substituents is 2. The van der Waals surface area contributed by atoms with Gasteiger partial charge in [-0.2, -0.15) is 0 Å². The van der Waals surface area contributed by atoms with Crippen molar-refractivity contribution in [2.75, 3.05) is 0 Å². The summed E-state index contributed by atoms with van der Waals surface area (Å²) < 4.78 is 0. The third-order valence-corrected chi connectivity index (χ3v) is 7.03. The lowest BCUT2D eigenvalue weighted by atomic mass is 9.84. The van der Waals surface area contributed by atoms with Crippen molar-refractivity contribution in [1.82, 2.24) is 0 Å². The lowest BCUT2D eigenvalue weighted by Crippen LogP contribution is -2.12. The highest BCUT2D eigenvalue weighted by atomic mass is 16.3. The van der Waals surface area contributed by atoms with Crippen molar-refractivity contribution < 1.29 is 15.0 Å². The van der Waals surface area contributed by atoms with Crippen LogP contribution in [0.4, 0.5) is 0 Å². The van der Waals surface area contributed by atoms with Crippen LogP contribution in [0, 0.1) is 0 Å². The van der Waals surface area contributed by atoms with Crippen LogP contribution in [0.5, 0.6) is 11.5 Å². The monoisotopic (exact) mass is 474 g/mol. The largest absolute Gasteiger partial charge is 0.507 e. The van der Waals surface area contributed by atoms with Crippen LogP contribution in [0.3, 0.4) is 0 Å². The Labute approximate surface area is 211 Å². The predicted octanol–water partition coefficient (Wildman–Crippen LogP) is 8.81. The number of ketones is 1. The zero-order chi connectivity index (χ0) is 26.0. The van der Waals surface area contributed by atoms with E-state index in [1.807, 2.05) is 36.4 Å². The van der Waals surface area contributed by atoms with Gasteiger partial charge in [0.25, 0.3) is 0 Å². The van der Waals surface area contributed by atoms with E-state index >= 15 is 0 Å². The fourth-order valence-electron chi connectivity index (χ4n) is 4.92. The second kappa shape index (κ2) is 10.8. The molecule has 2 aromatic rings. The van der Waals surface area contributed by atoms with E-state index < -0.39 is 0 Å². The lowest BCUT2D eigenvalue weighted by molar-refractivity contribution is -0.112. The SMILES string of the molecule is CC(C)c1cc(/C=C2/CCC/C(=C\c3cc(C(C)C)c(O)c(C(C)C)c3)C2=O)cc(C(C)C)c1O. The second-order valence-corrected chi connectivity index (χ2v) is 11.2. The van der Waals surface area contributed by atoms with Crippen LogP contribution in [0.25, 0.3) is 12.2 Å². The van der Waals surface area contributed by atoms with Crippen LogP contribution < -0.4 is 0 Å². The first-order valence-electron chi connectivity index (χ1n) is 13.1. The fourth-order valence-corrected chi connectivity index (χ4v) is 4.92. The van der Waals surface area contributed by atoms with Gasteiger partial charge in [0, 0.05) is 11.1 Å². The highest BCUT2D eigenvalue weighted by Crippen LogP contribution is 2.38. The molecule has 0 aliphatic heterocycles.